The van der Waals surface area contributed by atoms with E-state index in [1.807, 2.05) is 0 Å². The molecule has 4 fully saturated rings. The van der Waals surface area contributed by atoms with Crippen LogP contribution in [0, 0.1) is 23.7 Å². The first kappa shape index (κ1) is 18.6. The van der Waals surface area contributed by atoms with Gasteiger partial charge in [0.05, 0.1) is 40.7 Å². The highest BCUT2D eigenvalue weighted by Crippen LogP contribution is 2.81. The maximum atomic E-state index is 12.8. The van der Waals surface area contributed by atoms with Crippen LogP contribution in [0.15, 0.2) is 10.1 Å². The molecule has 3 heterocycles. The van der Waals surface area contributed by atoms with Crippen LogP contribution in [0.4, 0.5) is 0 Å². The van der Waals surface area contributed by atoms with E-state index in [9.17, 15) is 9.59 Å². The van der Waals surface area contributed by atoms with Gasteiger partial charge in [-0.1, -0.05) is 46.4 Å². The number of rotatable bonds is 2. The lowest BCUT2D eigenvalue weighted by Crippen LogP contribution is -2.50. The topological polar surface area (TPSA) is 55.8 Å². The SMILES string of the molecule is CCON1C(=O)[C@@H]2[C@H]3O[C@H]([C@H]2C1=O)[C@@H]1[C@@H]3[C@]2(Cl)C(Cl)=C(Cl)[C@]1(Cl)C2(Cl)Cl. The molecule has 0 unspecified atom stereocenters. The number of carbonyl (C=O) groups excluding carboxylic acids is 2. The third-order valence-corrected chi connectivity index (χ3v) is 10.7. The highest BCUT2D eigenvalue weighted by atomic mass is 35.5. The largest absolute Gasteiger partial charge is 0.373 e. The molecule has 5 rings (SSSR count). The average Bonchev–Trinajstić information content (AvgIpc) is 3.28. The molecular formula is C15H11Cl6NO4. The maximum absolute atomic E-state index is 12.8. The molecule has 0 radical (unpaired) electrons. The lowest BCUT2D eigenvalue weighted by Gasteiger charge is -2.39. The van der Waals surface area contributed by atoms with Gasteiger partial charge < -0.3 is 4.74 Å². The molecule has 0 spiro atoms. The molecule has 5 aliphatic rings. The van der Waals surface area contributed by atoms with Crippen LogP contribution in [-0.2, 0) is 19.2 Å². The van der Waals surface area contributed by atoms with Gasteiger partial charge in [0.15, 0.2) is 4.33 Å². The second-order valence-corrected chi connectivity index (χ2v) is 10.5. The molecular weight excluding hydrogens is 471 g/mol. The van der Waals surface area contributed by atoms with E-state index in [0.717, 1.165) is 5.06 Å². The first-order chi connectivity index (χ1) is 12.1. The van der Waals surface area contributed by atoms with Crippen molar-refractivity contribution in [1.29, 1.82) is 0 Å². The van der Waals surface area contributed by atoms with Gasteiger partial charge in [0.25, 0.3) is 11.8 Å². The van der Waals surface area contributed by atoms with E-state index in [2.05, 4.69) is 0 Å². The number of hydrogen-bond acceptors (Lipinski definition) is 4. The van der Waals surface area contributed by atoms with Crippen LogP contribution in [0.3, 0.4) is 0 Å². The van der Waals surface area contributed by atoms with E-state index in [1.54, 1.807) is 6.92 Å². The summed E-state index contributed by atoms with van der Waals surface area (Å²) in [5.74, 6) is -3.50. The van der Waals surface area contributed by atoms with Gasteiger partial charge >= 0.3 is 0 Å². The van der Waals surface area contributed by atoms with E-state index in [4.69, 9.17) is 79.2 Å². The van der Waals surface area contributed by atoms with Crippen molar-refractivity contribution in [3.63, 3.8) is 0 Å². The smallest absolute Gasteiger partial charge is 0.260 e. The van der Waals surface area contributed by atoms with E-state index < -0.39 is 61.8 Å². The van der Waals surface area contributed by atoms with Crippen molar-refractivity contribution in [2.45, 2.75) is 33.2 Å². The minimum atomic E-state index is -1.71. The van der Waals surface area contributed by atoms with Crippen molar-refractivity contribution in [1.82, 2.24) is 5.06 Å². The van der Waals surface area contributed by atoms with E-state index >= 15 is 0 Å². The van der Waals surface area contributed by atoms with Crippen molar-refractivity contribution < 1.29 is 19.2 Å². The Morgan fingerprint density at radius 2 is 1.38 bits per heavy atom. The van der Waals surface area contributed by atoms with Crippen molar-refractivity contribution in [2.24, 2.45) is 23.7 Å². The fourth-order valence-electron chi connectivity index (χ4n) is 5.53. The van der Waals surface area contributed by atoms with Gasteiger partial charge in [0.1, 0.15) is 9.75 Å². The number of hydroxylamine groups is 2. The number of hydrogen-bond donors (Lipinski definition) is 0. The van der Waals surface area contributed by atoms with Crippen molar-refractivity contribution in [3.05, 3.63) is 10.1 Å². The van der Waals surface area contributed by atoms with Gasteiger partial charge in [0.2, 0.25) is 0 Å². The van der Waals surface area contributed by atoms with Gasteiger partial charge in [-0.25, -0.2) is 0 Å². The summed E-state index contributed by atoms with van der Waals surface area (Å²) in [6, 6.07) is 0. The molecule has 0 aromatic carbocycles. The standard InChI is InChI=1S/C15H11Cl6NO4/c1-2-25-22-11(23)3-4(12(22)24)8-6-5(7(3)26-8)13(18)9(16)10(17)14(6,19)15(13,20)21/h3-8H,2H2,1H3/t3-,4-,5-,6-,7+,8+,13-,14-/m0/s1. The Kier molecular flexibility index (Phi) is 3.69. The zero-order valence-corrected chi connectivity index (χ0v) is 17.6. The monoisotopic (exact) mass is 479 g/mol. The molecule has 2 aliphatic carbocycles. The van der Waals surface area contributed by atoms with Gasteiger partial charge in [-0.2, -0.15) is 5.06 Å². The molecule has 26 heavy (non-hydrogen) atoms. The quantitative estimate of drug-likeness (QED) is 0.448. The normalized spacial score (nSPS) is 53.1. The molecule has 8 atom stereocenters. The van der Waals surface area contributed by atoms with Crippen LogP contribution in [0.2, 0.25) is 0 Å². The number of halogens is 6. The second kappa shape index (κ2) is 5.17. The summed E-state index contributed by atoms with van der Waals surface area (Å²) >= 11 is 39.7. The minimum Gasteiger partial charge on any atom is -0.373 e. The first-order valence-corrected chi connectivity index (χ1v) is 10.3. The minimum absolute atomic E-state index is 0.0632. The summed E-state index contributed by atoms with van der Waals surface area (Å²) in [6.07, 6.45) is -1.41. The molecule has 0 N–H and O–H groups in total. The molecule has 2 amide bonds. The van der Waals surface area contributed by atoms with Crippen LogP contribution in [0.1, 0.15) is 6.92 Å². The molecule has 0 aromatic rings. The number of alkyl halides is 4. The van der Waals surface area contributed by atoms with E-state index in [0.29, 0.717) is 0 Å². The zero-order valence-electron chi connectivity index (χ0n) is 13.0. The molecule has 4 bridgehead atoms. The predicted molar refractivity (Wildman–Crippen MR) is 96.4 cm³/mol. The summed E-state index contributed by atoms with van der Waals surface area (Å²) in [6.45, 7) is 1.87. The van der Waals surface area contributed by atoms with Crippen LogP contribution < -0.4 is 0 Å². The van der Waals surface area contributed by atoms with Crippen LogP contribution in [0.5, 0.6) is 0 Å². The Morgan fingerprint density at radius 3 is 1.77 bits per heavy atom. The Hall–Kier alpha value is 0.540. The van der Waals surface area contributed by atoms with Crippen LogP contribution in [-0.4, -0.2) is 49.8 Å². The second-order valence-electron chi connectivity index (χ2n) is 7.18. The Morgan fingerprint density at radius 1 is 0.962 bits per heavy atom. The van der Waals surface area contributed by atoms with Gasteiger partial charge in [-0.15, -0.1) is 23.2 Å². The average molecular weight is 482 g/mol. The fourth-order valence-corrected chi connectivity index (χ4v) is 8.59. The summed E-state index contributed by atoms with van der Waals surface area (Å²) in [5.41, 5.74) is 0. The van der Waals surface area contributed by atoms with E-state index in [1.165, 1.54) is 0 Å². The Labute approximate surface area is 178 Å². The van der Waals surface area contributed by atoms with Crippen LogP contribution >= 0.6 is 69.6 Å². The number of fused-ring (bicyclic) bond motifs is 12. The third-order valence-electron chi connectivity index (χ3n) is 6.40. The molecule has 0 aromatic heterocycles. The number of ether oxygens (including phenoxy) is 1. The van der Waals surface area contributed by atoms with Gasteiger partial charge in [-0.05, 0) is 6.92 Å². The first-order valence-electron chi connectivity index (χ1n) is 8.04. The van der Waals surface area contributed by atoms with Crippen molar-refractivity contribution in [2.75, 3.05) is 6.61 Å². The molecule has 142 valence electrons. The highest BCUT2D eigenvalue weighted by Gasteiger charge is 2.90. The van der Waals surface area contributed by atoms with Gasteiger partial charge in [0, 0.05) is 11.8 Å². The highest BCUT2D eigenvalue weighted by molar-refractivity contribution is 6.65. The third kappa shape index (κ3) is 1.55. The Balaban J connectivity index is 1.66. The molecule has 3 aliphatic heterocycles. The zero-order chi connectivity index (χ0) is 19.0. The fraction of sp³-hybridized carbons (Fsp3) is 0.733. The number of allylic oxidation sites excluding steroid dienone is 2. The number of amides is 2. The number of carbonyl (C=O) groups is 2. The lowest BCUT2D eigenvalue weighted by molar-refractivity contribution is -0.191. The number of nitrogens with zero attached hydrogens (tertiary/aromatic N) is 1. The summed E-state index contributed by atoms with van der Waals surface area (Å²) in [5, 5.41) is 0.940. The van der Waals surface area contributed by atoms with Crippen molar-refractivity contribution in [3.8, 4) is 0 Å². The van der Waals surface area contributed by atoms with Gasteiger partial charge in [-0.3, -0.25) is 14.4 Å². The summed E-state index contributed by atoms with van der Waals surface area (Å²) < 4.78 is 4.31. The lowest BCUT2D eigenvalue weighted by atomic mass is 9.65. The Bertz CT molecular complexity index is 745. The van der Waals surface area contributed by atoms with Crippen molar-refractivity contribution >= 4 is 81.4 Å². The summed E-state index contributed by atoms with van der Waals surface area (Å²) in [4.78, 5) is 27.7. The molecule has 1 saturated carbocycles. The maximum Gasteiger partial charge on any atom is 0.260 e. The van der Waals surface area contributed by atoms with E-state index in [-0.39, 0.29) is 16.7 Å². The molecule has 5 nitrogen and oxygen atoms in total. The molecule has 3 saturated heterocycles. The molecule has 11 heteroatoms. The summed E-state index contributed by atoms with van der Waals surface area (Å²) in [7, 11) is 0. The number of imide groups is 1. The van der Waals surface area contributed by atoms with Crippen LogP contribution in [0.25, 0.3) is 0 Å². The predicted octanol–water partition coefficient (Wildman–Crippen LogP) is 3.40.